The fraction of sp³-hybridized carbons (Fsp3) is 0.650. The first-order chi connectivity index (χ1) is 11.0. The van der Waals surface area contributed by atoms with Gasteiger partial charge in [0.15, 0.2) is 0 Å². The molecule has 0 aromatic heterocycles. The summed E-state index contributed by atoms with van der Waals surface area (Å²) in [4.78, 5) is 15.4. The summed E-state index contributed by atoms with van der Waals surface area (Å²) < 4.78 is 13.3. The molecule has 1 aromatic carbocycles. The Morgan fingerprint density at radius 2 is 1.70 bits per heavy atom. The summed E-state index contributed by atoms with van der Waals surface area (Å²) in [6, 6.07) is 6.63. The Kier molecular flexibility index (Phi) is 4.74. The van der Waals surface area contributed by atoms with Crippen LogP contribution in [0.25, 0.3) is 0 Å². The number of rotatable bonds is 3. The highest BCUT2D eigenvalue weighted by molar-refractivity contribution is 5.88. The van der Waals surface area contributed by atoms with Crippen molar-refractivity contribution in [2.75, 3.05) is 13.1 Å². The van der Waals surface area contributed by atoms with E-state index in [1.807, 2.05) is 12.1 Å². The minimum Gasteiger partial charge on any atom is -0.342 e. The lowest BCUT2D eigenvalue weighted by Gasteiger charge is -2.39. The Hall–Kier alpha value is -1.38. The summed E-state index contributed by atoms with van der Waals surface area (Å²) in [5, 5.41) is 0. The predicted octanol–water partition coefficient (Wildman–Crippen LogP) is 4.53. The number of benzene rings is 1. The average molecular weight is 317 g/mol. The maximum atomic E-state index is 13.3. The molecule has 2 nitrogen and oxygen atoms in total. The van der Waals surface area contributed by atoms with Crippen molar-refractivity contribution < 1.29 is 9.18 Å². The van der Waals surface area contributed by atoms with Crippen LogP contribution in [-0.4, -0.2) is 23.9 Å². The standard InChI is InChI=1S/C20H28FNO/c1-15(2)16-9-13-22(14-10-16)19(23)20(11-3-4-12-20)17-5-7-18(21)8-6-17/h5-8,15-16H,3-4,9-14H2,1-2H3. The van der Waals surface area contributed by atoms with Gasteiger partial charge in [0, 0.05) is 13.1 Å². The van der Waals surface area contributed by atoms with Crippen LogP contribution in [0.5, 0.6) is 0 Å². The van der Waals surface area contributed by atoms with E-state index in [4.69, 9.17) is 0 Å². The van der Waals surface area contributed by atoms with Crippen molar-refractivity contribution >= 4 is 5.91 Å². The van der Waals surface area contributed by atoms with E-state index in [2.05, 4.69) is 18.7 Å². The number of piperidine rings is 1. The van der Waals surface area contributed by atoms with Crippen molar-refractivity contribution in [1.82, 2.24) is 4.90 Å². The van der Waals surface area contributed by atoms with E-state index < -0.39 is 5.41 Å². The minimum absolute atomic E-state index is 0.230. The molecular weight excluding hydrogens is 289 g/mol. The highest BCUT2D eigenvalue weighted by Gasteiger charge is 2.45. The maximum Gasteiger partial charge on any atom is 0.233 e. The number of halogens is 1. The van der Waals surface area contributed by atoms with Gasteiger partial charge in [-0.25, -0.2) is 4.39 Å². The van der Waals surface area contributed by atoms with E-state index >= 15 is 0 Å². The summed E-state index contributed by atoms with van der Waals surface area (Å²) in [5.74, 6) is 1.49. The molecule has 0 bridgehead atoms. The topological polar surface area (TPSA) is 20.3 Å². The molecule has 1 aliphatic carbocycles. The maximum absolute atomic E-state index is 13.3. The fourth-order valence-corrected chi connectivity index (χ4v) is 4.45. The molecular formula is C20H28FNO. The van der Waals surface area contributed by atoms with E-state index in [1.165, 1.54) is 12.1 Å². The van der Waals surface area contributed by atoms with E-state index in [9.17, 15) is 9.18 Å². The van der Waals surface area contributed by atoms with E-state index in [-0.39, 0.29) is 11.7 Å². The first-order valence-corrected chi connectivity index (χ1v) is 9.08. The molecule has 2 fully saturated rings. The second-order valence-corrected chi connectivity index (χ2v) is 7.67. The monoisotopic (exact) mass is 317 g/mol. The zero-order valence-electron chi connectivity index (χ0n) is 14.4. The lowest BCUT2D eigenvalue weighted by atomic mass is 9.76. The van der Waals surface area contributed by atoms with Gasteiger partial charge in [-0.2, -0.15) is 0 Å². The smallest absolute Gasteiger partial charge is 0.233 e. The van der Waals surface area contributed by atoms with Gasteiger partial charge in [-0.3, -0.25) is 4.79 Å². The van der Waals surface area contributed by atoms with Gasteiger partial charge in [-0.05, 0) is 55.2 Å². The van der Waals surface area contributed by atoms with Gasteiger partial charge in [0.1, 0.15) is 5.82 Å². The van der Waals surface area contributed by atoms with Crippen LogP contribution in [0.3, 0.4) is 0 Å². The van der Waals surface area contributed by atoms with Crippen LogP contribution < -0.4 is 0 Å². The summed E-state index contributed by atoms with van der Waals surface area (Å²) in [7, 11) is 0. The Bertz CT molecular complexity index is 537. The van der Waals surface area contributed by atoms with Crippen LogP contribution in [-0.2, 0) is 10.2 Å². The van der Waals surface area contributed by atoms with Gasteiger partial charge in [-0.1, -0.05) is 38.8 Å². The summed E-state index contributed by atoms with van der Waals surface area (Å²) in [5.41, 5.74) is 0.602. The van der Waals surface area contributed by atoms with E-state index in [0.717, 1.165) is 63.1 Å². The van der Waals surface area contributed by atoms with Crippen LogP contribution in [0.2, 0.25) is 0 Å². The average Bonchev–Trinajstić information content (AvgIpc) is 3.06. The Labute approximate surface area is 139 Å². The molecule has 0 unspecified atom stereocenters. The normalized spacial score (nSPS) is 21.8. The molecule has 1 amide bonds. The summed E-state index contributed by atoms with van der Waals surface area (Å²) in [6.45, 7) is 6.31. The number of hydrogen-bond acceptors (Lipinski definition) is 1. The van der Waals surface area contributed by atoms with Crippen molar-refractivity contribution in [3.63, 3.8) is 0 Å². The Morgan fingerprint density at radius 3 is 2.22 bits per heavy atom. The van der Waals surface area contributed by atoms with Gasteiger partial charge in [0.05, 0.1) is 5.41 Å². The van der Waals surface area contributed by atoms with Crippen LogP contribution in [0.1, 0.15) is 57.9 Å². The lowest BCUT2D eigenvalue weighted by molar-refractivity contribution is -0.139. The third kappa shape index (κ3) is 3.15. The van der Waals surface area contributed by atoms with E-state index in [0.29, 0.717) is 5.92 Å². The number of nitrogens with zero attached hydrogens (tertiary/aromatic N) is 1. The molecule has 126 valence electrons. The zero-order chi connectivity index (χ0) is 16.4. The number of carbonyl (C=O) groups is 1. The third-order valence-corrected chi connectivity index (χ3v) is 6.03. The zero-order valence-corrected chi connectivity index (χ0v) is 14.4. The number of amides is 1. The fourth-order valence-electron chi connectivity index (χ4n) is 4.45. The molecule has 1 aromatic rings. The van der Waals surface area contributed by atoms with Gasteiger partial charge in [0.2, 0.25) is 5.91 Å². The number of carbonyl (C=O) groups excluding carboxylic acids is 1. The Morgan fingerprint density at radius 1 is 1.13 bits per heavy atom. The van der Waals surface area contributed by atoms with Crippen LogP contribution in [0.4, 0.5) is 4.39 Å². The molecule has 0 radical (unpaired) electrons. The van der Waals surface area contributed by atoms with Crippen LogP contribution in [0.15, 0.2) is 24.3 Å². The van der Waals surface area contributed by atoms with Crippen molar-refractivity contribution in [2.45, 2.75) is 57.8 Å². The number of hydrogen-bond donors (Lipinski definition) is 0. The third-order valence-electron chi connectivity index (χ3n) is 6.03. The van der Waals surface area contributed by atoms with Crippen molar-refractivity contribution in [2.24, 2.45) is 11.8 Å². The van der Waals surface area contributed by atoms with Crippen LogP contribution >= 0.6 is 0 Å². The first kappa shape index (κ1) is 16.5. The molecule has 0 atom stereocenters. The molecule has 0 spiro atoms. The summed E-state index contributed by atoms with van der Waals surface area (Å²) in [6.07, 6.45) is 6.21. The molecule has 3 rings (SSSR count). The molecule has 0 N–H and O–H groups in total. The summed E-state index contributed by atoms with van der Waals surface area (Å²) >= 11 is 0. The molecule has 1 heterocycles. The van der Waals surface area contributed by atoms with Gasteiger partial charge >= 0.3 is 0 Å². The molecule has 23 heavy (non-hydrogen) atoms. The predicted molar refractivity (Wildman–Crippen MR) is 90.7 cm³/mol. The van der Waals surface area contributed by atoms with Gasteiger partial charge in [-0.15, -0.1) is 0 Å². The van der Waals surface area contributed by atoms with Gasteiger partial charge in [0.25, 0.3) is 0 Å². The molecule has 1 aliphatic heterocycles. The molecule has 2 aliphatic rings. The number of likely N-dealkylation sites (tertiary alicyclic amines) is 1. The van der Waals surface area contributed by atoms with Crippen LogP contribution in [0, 0.1) is 17.7 Å². The molecule has 1 saturated heterocycles. The second-order valence-electron chi connectivity index (χ2n) is 7.67. The van der Waals surface area contributed by atoms with Gasteiger partial charge < -0.3 is 4.90 Å². The highest BCUT2D eigenvalue weighted by Crippen LogP contribution is 2.43. The highest BCUT2D eigenvalue weighted by atomic mass is 19.1. The Balaban J connectivity index is 1.79. The quantitative estimate of drug-likeness (QED) is 0.802. The van der Waals surface area contributed by atoms with Crippen molar-refractivity contribution in [1.29, 1.82) is 0 Å². The lowest BCUT2D eigenvalue weighted by Crippen LogP contribution is -2.49. The first-order valence-electron chi connectivity index (χ1n) is 9.08. The minimum atomic E-state index is -0.404. The molecule has 1 saturated carbocycles. The molecule has 3 heteroatoms. The SMILES string of the molecule is CC(C)C1CCN(C(=O)C2(c3ccc(F)cc3)CCCC2)CC1. The van der Waals surface area contributed by atoms with E-state index in [1.54, 1.807) is 0 Å². The van der Waals surface area contributed by atoms with Crippen molar-refractivity contribution in [3.05, 3.63) is 35.6 Å². The van der Waals surface area contributed by atoms with Crippen molar-refractivity contribution in [3.8, 4) is 0 Å². The largest absolute Gasteiger partial charge is 0.342 e. The second kappa shape index (κ2) is 6.62.